The molecule has 0 aromatic heterocycles. The lowest BCUT2D eigenvalue weighted by molar-refractivity contribution is -0.118. The van der Waals surface area contributed by atoms with Gasteiger partial charge in [-0.15, -0.1) is 0 Å². The van der Waals surface area contributed by atoms with Crippen molar-refractivity contribution in [3.63, 3.8) is 0 Å². The Morgan fingerprint density at radius 2 is 1.77 bits per heavy atom. The molecular weight excluding hydrogens is 400 g/mol. The molecule has 1 aliphatic rings. The van der Waals surface area contributed by atoms with Gasteiger partial charge in [0, 0.05) is 24.3 Å². The summed E-state index contributed by atoms with van der Waals surface area (Å²) in [4.78, 5) is 14.3. The molecule has 1 heterocycles. The standard InChI is InChI=1S/C23H30N2O4S/c1-5-7-12-25-21-10-9-19(15-18(21)8-11-22(25)26)24-30(27,28)20-13-16(3)23(29-6-2)17(4)14-20/h9-10,13-15,24H,5-8,11-12H2,1-4H3. The summed E-state index contributed by atoms with van der Waals surface area (Å²) in [6, 6.07) is 8.66. The number of benzene rings is 2. The van der Waals surface area contributed by atoms with E-state index in [2.05, 4.69) is 11.6 Å². The maximum Gasteiger partial charge on any atom is 0.261 e. The van der Waals surface area contributed by atoms with Gasteiger partial charge in [0.25, 0.3) is 10.0 Å². The number of aryl methyl sites for hydroxylation is 3. The molecule has 2 aromatic rings. The summed E-state index contributed by atoms with van der Waals surface area (Å²) in [5.74, 6) is 0.853. The van der Waals surface area contributed by atoms with Crippen LogP contribution in [0, 0.1) is 13.8 Å². The van der Waals surface area contributed by atoms with Crippen molar-refractivity contribution in [1.82, 2.24) is 0 Å². The molecule has 0 fully saturated rings. The van der Waals surface area contributed by atoms with E-state index in [-0.39, 0.29) is 10.8 Å². The molecule has 0 saturated heterocycles. The fourth-order valence-electron chi connectivity index (χ4n) is 3.84. The number of carbonyl (C=O) groups is 1. The van der Waals surface area contributed by atoms with Gasteiger partial charge in [-0.1, -0.05) is 13.3 Å². The number of hydrogen-bond acceptors (Lipinski definition) is 4. The van der Waals surface area contributed by atoms with Gasteiger partial charge < -0.3 is 9.64 Å². The second-order valence-electron chi connectivity index (χ2n) is 7.67. The van der Waals surface area contributed by atoms with Gasteiger partial charge in [-0.05, 0) is 80.6 Å². The van der Waals surface area contributed by atoms with Crippen molar-refractivity contribution >= 4 is 27.3 Å². The number of ether oxygens (including phenoxy) is 1. The first-order valence-corrected chi connectivity index (χ1v) is 11.9. The topological polar surface area (TPSA) is 75.7 Å². The van der Waals surface area contributed by atoms with Crippen LogP contribution in [0.1, 0.15) is 49.8 Å². The van der Waals surface area contributed by atoms with Crippen molar-refractivity contribution in [1.29, 1.82) is 0 Å². The zero-order valence-corrected chi connectivity index (χ0v) is 18.9. The zero-order chi connectivity index (χ0) is 21.9. The number of amides is 1. The van der Waals surface area contributed by atoms with E-state index in [0.717, 1.165) is 41.0 Å². The number of unbranched alkanes of at least 4 members (excludes halogenated alkanes) is 1. The number of carbonyl (C=O) groups excluding carboxylic acids is 1. The third kappa shape index (κ3) is 4.61. The normalized spacial score (nSPS) is 13.9. The second kappa shape index (κ2) is 9.08. The summed E-state index contributed by atoms with van der Waals surface area (Å²) in [6.07, 6.45) is 3.02. The third-order valence-corrected chi connectivity index (χ3v) is 6.66. The molecule has 2 aromatic carbocycles. The van der Waals surface area contributed by atoms with E-state index in [0.29, 0.717) is 31.7 Å². The molecule has 30 heavy (non-hydrogen) atoms. The Morgan fingerprint density at radius 1 is 1.07 bits per heavy atom. The molecule has 0 unspecified atom stereocenters. The van der Waals surface area contributed by atoms with Gasteiger partial charge in [0.15, 0.2) is 0 Å². The van der Waals surface area contributed by atoms with Gasteiger partial charge in [0.05, 0.1) is 11.5 Å². The van der Waals surface area contributed by atoms with E-state index in [9.17, 15) is 13.2 Å². The monoisotopic (exact) mass is 430 g/mol. The summed E-state index contributed by atoms with van der Waals surface area (Å²) in [7, 11) is -3.74. The summed E-state index contributed by atoms with van der Waals surface area (Å²) in [6.45, 7) is 8.91. The number of nitrogens with zero attached hydrogens (tertiary/aromatic N) is 1. The smallest absolute Gasteiger partial charge is 0.261 e. The van der Waals surface area contributed by atoms with E-state index >= 15 is 0 Å². The van der Waals surface area contributed by atoms with Crippen LogP contribution in [0.5, 0.6) is 5.75 Å². The van der Waals surface area contributed by atoms with Crippen LogP contribution in [-0.2, 0) is 21.2 Å². The molecule has 0 aliphatic carbocycles. The molecule has 1 aliphatic heterocycles. The van der Waals surface area contributed by atoms with Crippen molar-refractivity contribution in [3.8, 4) is 5.75 Å². The average molecular weight is 431 g/mol. The highest BCUT2D eigenvalue weighted by molar-refractivity contribution is 7.92. The quantitative estimate of drug-likeness (QED) is 0.665. The van der Waals surface area contributed by atoms with Gasteiger partial charge in [-0.3, -0.25) is 9.52 Å². The Labute approximate surface area is 179 Å². The summed E-state index contributed by atoms with van der Waals surface area (Å²) >= 11 is 0. The van der Waals surface area contributed by atoms with Crippen LogP contribution < -0.4 is 14.4 Å². The summed E-state index contributed by atoms with van der Waals surface area (Å²) in [5.41, 5.74) is 3.95. The SMILES string of the molecule is CCCCN1C(=O)CCc2cc(NS(=O)(=O)c3cc(C)c(OCC)c(C)c3)ccc21. The van der Waals surface area contributed by atoms with Crippen molar-refractivity contribution in [2.24, 2.45) is 0 Å². The van der Waals surface area contributed by atoms with Crippen LogP contribution in [0.25, 0.3) is 0 Å². The first-order chi connectivity index (χ1) is 14.3. The van der Waals surface area contributed by atoms with Crippen LogP contribution in [-0.4, -0.2) is 27.5 Å². The fraction of sp³-hybridized carbons (Fsp3) is 0.435. The number of anilines is 2. The molecule has 1 amide bonds. The number of nitrogens with one attached hydrogen (secondary N) is 1. The second-order valence-corrected chi connectivity index (χ2v) is 9.35. The van der Waals surface area contributed by atoms with E-state index < -0.39 is 10.0 Å². The van der Waals surface area contributed by atoms with Gasteiger partial charge in [-0.25, -0.2) is 8.42 Å². The van der Waals surface area contributed by atoms with E-state index in [1.54, 1.807) is 18.2 Å². The molecule has 0 saturated carbocycles. The maximum absolute atomic E-state index is 13.0. The predicted octanol–water partition coefficient (Wildman–Crippen LogP) is 4.58. The highest BCUT2D eigenvalue weighted by atomic mass is 32.2. The number of rotatable bonds is 8. The lowest BCUT2D eigenvalue weighted by Gasteiger charge is -2.30. The Bertz CT molecular complexity index is 1020. The third-order valence-electron chi connectivity index (χ3n) is 5.30. The van der Waals surface area contributed by atoms with Crippen molar-refractivity contribution in [2.45, 2.75) is 58.3 Å². The Kier molecular flexibility index (Phi) is 6.71. The Hall–Kier alpha value is -2.54. The van der Waals surface area contributed by atoms with Crippen LogP contribution in [0.4, 0.5) is 11.4 Å². The molecule has 0 radical (unpaired) electrons. The molecule has 1 N–H and O–H groups in total. The molecule has 7 heteroatoms. The average Bonchev–Trinajstić information content (AvgIpc) is 2.69. The Morgan fingerprint density at radius 3 is 2.40 bits per heavy atom. The number of hydrogen-bond donors (Lipinski definition) is 1. The highest BCUT2D eigenvalue weighted by Gasteiger charge is 2.25. The van der Waals surface area contributed by atoms with Crippen molar-refractivity contribution < 1.29 is 17.9 Å². The van der Waals surface area contributed by atoms with Gasteiger partial charge >= 0.3 is 0 Å². The van der Waals surface area contributed by atoms with E-state index in [1.165, 1.54) is 0 Å². The lowest BCUT2D eigenvalue weighted by atomic mass is 10.00. The molecule has 3 rings (SSSR count). The van der Waals surface area contributed by atoms with E-state index in [1.807, 2.05) is 37.8 Å². The molecule has 0 spiro atoms. The fourth-order valence-corrected chi connectivity index (χ4v) is 5.06. The zero-order valence-electron chi connectivity index (χ0n) is 18.1. The molecule has 0 atom stereocenters. The Balaban J connectivity index is 1.87. The molecular formula is C23H30N2O4S. The predicted molar refractivity (Wildman–Crippen MR) is 120 cm³/mol. The summed E-state index contributed by atoms with van der Waals surface area (Å²) in [5, 5.41) is 0. The van der Waals surface area contributed by atoms with Crippen molar-refractivity contribution in [3.05, 3.63) is 47.0 Å². The first-order valence-electron chi connectivity index (χ1n) is 10.5. The van der Waals surface area contributed by atoms with Crippen LogP contribution in [0.15, 0.2) is 35.2 Å². The molecule has 162 valence electrons. The van der Waals surface area contributed by atoms with E-state index in [4.69, 9.17) is 4.74 Å². The molecule has 6 nitrogen and oxygen atoms in total. The minimum Gasteiger partial charge on any atom is -0.493 e. The minimum atomic E-state index is -3.74. The van der Waals surface area contributed by atoms with Gasteiger partial charge in [0.1, 0.15) is 5.75 Å². The maximum atomic E-state index is 13.0. The highest BCUT2D eigenvalue weighted by Crippen LogP contribution is 2.32. The van der Waals surface area contributed by atoms with Crippen molar-refractivity contribution in [2.75, 3.05) is 22.8 Å². The first kappa shape index (κ1) is 22.2. The van der Waals surface area contributed by atoms with Gasteiger partial charge in [0.2, 0.25) is 5.91 Å². The largest absolute Gasteiger partial charge is 0.493 e. The minimum absolute atomic E-state index is 0.129. The lowest BCUT2D eigenvalue weighted by Crippen LogP contribution is -2.35. The molecule has 0 bridgehead atoms. The van der Waals surface area contributed by atoms with Crippen LogP contribution >= 0.6 is 0 Å². The summed E-state index contributed by atoms with van der Waals surface area (Å²) < 4.78 is 34.3. The van der Waals surface area contributed by atoms with Gasteiger partial charge in [-0.2, -0.15) is 0 Å². The number of fused-ring (bicyclic) bond motifs is 1. The van der Waals surface area contributed by atoms with Crippen LogP contribution in [0.3, 0.4) is 0 Å². The van der Waals surface area contributed by atoms with Crippen LogP contribution in [0.2, 0.25) is 0 Å². The number of sulfonamides is 1.